The second-order valence-corrected chi connectivity index (χ2v) is 6.07. The molecule has 0 aromatic heterocycles. The van der Waals surface area contributed by atoms with E-state index in [1.165, 1.54) is 6.07 Å². The van der Waals surface area contributed by atoms with Crippen molar-refractivity contribution in [2.45, 2.75) is 44.2 Å². The number of nitrogens with two attached hydrogens (primary N) is 1. The molecule has 0 heterocycles. The molecule has 1 saturated carbocycles. The van der Waals surface area contributed by atoms with E-state index in [0.717, 1.165) is 35.7 Å². The molecule has 0 aliphatic heterocycles. The van der Waals surface area contributed by atoms with Crippen LogP contribution in [0.15, 0.2) is 18.2 Å². The standard InChI is InChI=1S/C13H17IN2O3/c14-9-6-7-13(11(8-9)16(17)18)19-12-5-3-1-2-4-10(12)15/h6-8,10,12H,1-5,15H2. The van der Waals surface area contributed by atoms with E-state index in [1.807, 2.05) is 6.07 Å². The quantitative estimate of drug-likeness (QED) is 0.380. The summed E-state index contributed by atoms with van der Waals surface area (Å²) in [6.45, 7) is 0. The smallest absolute Gasteiger partial charge is 0.311 e. The van der Waals surface area contributed by atoms with E-state index >= 15 is 0 Å². The summed E-state index contributed by atoms with van der Waals surface area (Å²) in [5.74, 6) is 0.327. The average Bonchev–Trinajstić information content (AvgIpc) is 2.57. The largest absolute Gasteiger partial charge is 0.482 e. The number of nitro benzene ring substituents is 1. The summed E-state index contributed by atoms with van der Waals surface area (Å²) in [4.78, 5) is 10.7. The zero-order valence-electron chi connectivity index (χ0n) is 10.5. The highest BCUT2D eigenvalue weighted by atomic mass is 127. The monoisotopic (exact) mass is 376 g/mol. The molecule has 1 aliphatic rings. The lowest BCUT2D eigenvalue weighted by molar-refractivity contribution is -0.386. The predicted octanol–water partition coefficient (Wildman–Crippen LogP) is 3.24. The van der Waals surface area contributed by atoms with Crippen LogP contribution in [-0.4, -0.2) is 17.1 Å². The van der Waals surface area contributed by atoms with Gasteiger partial charge < -0.3 is 10.5 Å². The Balaban J connectivity index is 2.19. The van der Waals surface area contributed by atoms with Crippen LogP contribution in [0.3, 0.4) is 0 Å². The highest BCUT2D eigenvalue weighted by Gasteiger charge is 2.25. The van der Waals surface area contributed by atoms with Gasteiger partial charge >= 0.3 is 5.69 Å². The van der Waals surface area contributed by atoms with Gasteiger partial charge in [-0.1, -0.05) is 12.8 Å². The summed E-state index contributed by atoms with van der Waals surface area (Å²) >= 11 is 2.05. The fourth-order valence-corrected chi connectivity index (χ4v) is 2.82. The minimum atomic E-state index is -0.403. The molecule has 2 unspecified atom stereocenters. The molecule has 0 spiro atoms. The molecule has 1 aromatic carbocycles. The van der Waals surface area contributed by atoms with Crippen LogP contribution in [0.4, 0.5) is 5.69 Å². The summed E-state index contributed by atoms with van der Waals surface area (Å²) in [7, 11) is 0. The SMILES string of the molecule is NC1CCCCCC1Oc1ccc(I)cc1[N+](=O)[O-]. The Bertz CT molecular complexity index is 467. The van der Waals surface area contributed by atoms with Gasteiger partial charge in [-0.3, -0.25) is 10.1 Å². The van der Waals surface area contributed by atoms with Gasteiger partial charge in [0, 0.05) is 15.7 Å². The molecule has 0 amide bonds. The van der Waals surface area contributed by atoms with Gasteiger partial charge in [0.1, 0.15) is 6.10 Å². The van der Waals surface area contributed by atoms with Crippen LogP contribution in [0, 0.1) is 13.7 Å². The highest BCUT2D eigenvalue weighted by molar-refractivity contribution is 14.1. The number of benzene rings is 1. The van der Waals surface area contributed by atoms with Gasteiger partial charge in [-0.05, 0) is 54.0 Å². The third kappa shape index (κ3) is 3.79. The van der Waals surface area contributed by atoms with E-state index in [4.69, 9.17) is 10.5 Å². The Morgan fingerprint density at radius 3 is 2.79 bits per heavy atom. The Labute approximate surface area is 125 Å². The van der Waals surface area contributed by atoms with E-state index < -0.39 is 4.92 Å². The third-order valence-corrected chi connectivity index (χ3v) is 4.07. The van der Waals surface area contributed by atoms with Crippen LogP contribution in [0.25, 0.3) is 0 Å². The third-order valence-electron chi connectivity index (χ3n) is 3.40. The number of nitrogens with zero attached hydrogens (tertiary/aromatic N) is 1. The van der Waals surface area contributed by atoms with Gasteiger partial charge in [0.15, 0.2) is 5.75 Å². The Kier molecular flexibility index (Phi) is 4.98. The Morgan fingerprint density at radius 2 is 2.05 bits per heavy atom. The molecular formula is C13H17IN2O3. The van der Waals surface area contributed by atoms with Gasteiger partial charge in [0.2, 0.25) is 0 Å². The summed E-state index contributed by atoms with van der Waals surface area (Å²) in [5, 5.41) is 11.1. The Morgan fingerprint density at radius 1 is 1.32 bits per heavy atom. The topological polar surface area (TPSA) is 78.4 Å². The fraction of sp³-hybridized carbons (Fsp3) is 0.538. The Hall–Kier alpha value is -0.890. The van der Waals surface area contributed by atoms with Crippen molar-refractivity contribution in [3.63, 3.8) is 0 Å². The maximum Gasteiger partial charge on any atom is 0.311 e. The maximum atomic E-state index is 11.1. The minimum Gasteiger partial charge on any atom is -0.482 e. The zero-order valence-corrected chi connectivity index (χ0v) is 12.7. The first kappa shape index (κ1) is 14.5. The number of nitro groups is 1. The molecule has 5 nitrogen and oxygen atoms in total. The molecule has 0 radical (unpaired) electrons. The van der Waals surface area contributed by atoms with Crippen molar-refractivity contribution in [1.29, 1.82) is 0 Å². The normalized spacial score (nSPS) is 23.7. The number of rotatable bonds is 3. The number of ether oxygens (including phenoxy) is 1. The lowest BCUT2D eigenvalue weighted by Crippen LogP contribution is -2.38. The van der Waals surface area contributed by atoms with E-state index in [2.05, 4.69) is 22.6 Å². The lowest BCUT2D eigenvalue weighted by atomic mass is 10.1. The van der Waals surface area contributed by atoms with Gasteiger partial charge in [0.05, 0.1) is 4.92 Å². The molecule has 104 valence electrons. The van der Waals surface area contributed by atoms with Gasteiger partial charge in [-0.25, -0.2) is 0 Å². The van der Waals surface area contributed by atoms with Crippen molar-refractivity contribution in [3.05, 3.63) is 31.9 Å². The summed E-state index contributed by atoms with van der Waals surface area (Å²) in [6.07, 6.45) is 4.99. The summed E-state index contributed by atoms with van der Waals surface area (Å²) < 4.78 is 6.65. The lowest BCUT2D eigenvalue weighted by Gasteiger charge is -2.22. The molecule has 2 N–H and O–H groups in total. The maximum absolute atomic E-state index is 11.1. The average molecular weight is 376 g/mol. The fourth-order valence-electron chi connectivity index (χ4n) is 2.34. The van der Waals surface area contributed by atoms with Crippen molar-refractivity contribution in [1.82, 2.24) is 0 Å². The molecule has 2 rings (SSSR count). The van der Waals surface area contributed by atoms with Crippen LogP contribution in [-0.2, 0) is 0 Å². The second-order valence-electron chi connectivity index (χ2n) is 4.83. The summed E-state index contributed by atoms with van der Waals surface area (Å²) in [6, 6.07) is 4.96. The zero-order chi connectivity index (χ0) is 13.8. The van der Waals surface area contributed by atoms with Crippen molar-refractivity contribution in [2.75, 3.05) is 0 Å². The van der Waals surface area contributed by atoms with Crippen LogP contribution < -0.4 is 10.5 Å². The van der Waals surface area contributed by atoms with Crippen LogP contribution in [0.2, 0.25) is 0 Å². The van der Waals surface area contributed by atoms with Crippen LogP contribution in [0.1, 0.15) is 32.1 Å². The van der Waals surface area contributed by atoms with E-state index in [9.17, 15) is 10.1 Å². The molecule has 1 aromatic rings. The summed E-state index contributed by atoms with van der Waals surface area (Å²) in [5.41, 5.74) is 6.10. The van der Waals surface area contributed by atoms with Crippen molar-refractivity contribution < 1.29 is 9.66 Å². The van der Waals surface area contributed by atoms with Gasteiger partial charge in [-0.15, -0.1) is 0 Å². The van der Waals surface area contributed by atoms with Crippen molar-refractivity contribution in [2.24, 2.45) is 5.73 Å². The molecule has 6 heteroatoms. The highest BCUT2D eigenvalue weighted by Crippen LogP contribution is 2.31. The van der Waals surface area contributed by atoms with Crippen LogP contribution >= 0.6 is 22.6 Å². The number of halogens is 1. The first-order valence-electron chi connectivity index (χ1n) is 6.44. The molecule has 2 atom stereocenters. The molecule has 1 fully saturated rings. The molecular weight excluding hydrogens is 359 g/mol. The second kappa shape index (κ2) is 6.51. The van der Waals surface area contributed by atoms with Crippen LogP contribution in [0.5, 0.6) is 5.75 Å². The molecule has 1 aliphatic carbocycles. The van der Waals surface area contributed by atoms with E-state index in [-0.39, 0.29) is 17.8 Å². The first-order valence-corrected chi connectivity index (χ1v) is 7.52. The molecule has 0 bridgehead atoms. The van der Waals surface area contributed by atoms with Crippen molar-refractivity contribution in [3.8, 4) is 5.75 Å². The molecule has 0 saturated heterocycles. The van der Waals surface area contributed by atoms with E-state index in [0.29, 0.717) is 5.75 Å². The number of hydrogen-bond donors (Lipinski definition) is 1. The molecule has 19 heavy (non-hydrogen) atoms. The number of hydrogen-bond acceptors (Lipinski definition) is 4. The predicted molar refractivity (Wildman–Crippen MR) is 81.3 cm³/mol. The van der Waals surface area contributed by atoms with Crippen molar-refractivity contribution >= 4 is 28.3 Å². The first-order chi connectivity index (χ1) is 9.08. The van der Waals surface area contributed by atoms with Gasteiger partial charge in [-0.2, -0.15) is 0 Å². The van der Waals surface area contributed by atoms with Gasteiger partial charge in [0.25, 0.3) is 0 Å². The minimum absolute atomic E-state index is 0.0170. The van der Waals surface area contributed by atoms with E-state index in [1.54, 1.807) is 6.07 Å².